The Labute approximate surface area is 125 Å². The normalized spacial score (nSPS) is 13.9. The maximum Gasteiger partial charge on any atom is 0.243 e. The van der Waals surface area contributed by atoms with Crippen molar-refractivity contribution in [2.75, 3.05) is 31.8 Å². The number of hydrogen-bond acceptors (Lipinski definition) is 4. The van der Waals surface area contributed by atoms with Crippen molar-refractivity contribution in [2.45, 2.75) is 18.9 Å². The second-order valence-electron chi connectivity index (χ2n) is 4.56. The van der Waals surface area contributed by atoms with E-state index in [0.29, 0.717) is 12.3 Å². The molecule has 4 nitrogen and oxygen atoms in total. The number of likely N-dealkylation sites (N-methyl/N-ethyl adjacent to an activating group) is 1. The Morgan fingerprint density at radius 3 is 2.65 bits per heavy atom. The molecule has 0 saturated heterocycles. The zero-order valence-corrected chi connectivity index (χ0v) is 13.0. The van der Waals surface area contributed by atoms with E-state index in [1.54, 1.807) is 18.9 Å². The lowest BCUT2D eigenvalue weighted by molar-refractivity contribution is -0.123. The summed E-state index contributed by atoms with van der Waals surface area (Å²) in [5.41, 5.74) is 5.82. The van der Waals surface area contributed by atoms with Gasteiger partial charge in [0, 0.05) is 19.5 Å². The molecule has 1 aromatic carbocycles. The van der Waals surface area contributed by atoms with Crippen LogP contribution in [0.1, 0.15) is 18.9 Å². The first-order chi connectivity index (χ1) is 9.67. The smallest absolute Gasteiger partial charge is 0.243 e. The van der Waals surface area contributed by atoms with Crippen LogP contribution in [-0.4, -0.2) is 37.7 Å². The number of carbonyl (C=O) groups excluding carboxylic acids is 1. The van der Waals surface area contributed by atoms with Crippen molar-refractivity contribution in [1.82, 2.24) is 5.32 Å². The highest BCUT2D eigenvalue weighted by Gasteiger charge is 2.37. The maximum absolute atomic E-state index is 12.1. The van der Waals surface area contributed by atoms with E-state index >= 15 is 0 Å². The molecule has 1 atom stereocenters. The summed E-state index contributed by atoms with van der Waals surface area (Å²) in [6.07, 6.45) is 0.969. The lowest BCUT2D eigenvalue weighted by atomic mass is 9.91. The number of methoxy groups -OCH3 is 1. The van der Waals surface area contributed by atoms with Crippen molar-refractivity contribution in [3.05, 3.63) is 35.9 Å². The van der Waals surface area contributed by atoms with Crippen LogP contribution in [0.5, 0.6) is 0 Å². The Morgan fingerprint density at radius 2 is 2.10 bits per heavy atom. The van der Waals surface area contributed by atoms with Crippen molar-refractivity contribution < 1.29 is 9.53 Å². The minimum absolute atomic E-state index is 0.329. The lowest BCUT2D eigenvalue weighted by Gasteiger charge is -2.31. The van der Waals surface area contributed by atoms with Crippen molar-refractivity contribution in [2.24, 2.45) is 5.73 Å². The summed E-state index contributed by atoms with van der Waals surface area (Å²) in [6, 6.07) is 9.69. The number of amides is 1. The summed E-state index contributed by atoms with van der Waals surface area (Å²) < 4.78 is 5.03. The summed E-state index contributed by atoms with van der Waals surface area (Å²) in [6.45, 7) is 3.41. The van der Waals surface area contributed by atoms with Gasteiger partial charge in [0.25, 0.3) is 0 Å². The number of thioether (sulfide) groups is 1. The van der Waals surface area contributed by atoms with E-state index in [1.807, 2.05) is 37.3 Å². The Hall–Kier alpha value is -1.04. The van der Waals surface area contributed by atoms with Gasteiger partial charge in [-0.25, -0.2) is 0 Å². The Bertz CT molecular complexity index is 400. The van der Waals surface area contributed by atoms with Crippen LogP contribution in [0.3, 0.4) is 0 Å². The SMILES string of the molecule is CCNC(CSCCCOC)(C(N)=O)c1ccccc1. The number of carbonyl (C=O) groups is 1. The summed E-state index contributed by atoms with van der Waals surface area (Å²) in [5.74, 6) is 1.25. The summed E-state index contributed by atoms with van der Waals surface area (Å²) >= 11 is 1.72. The zero-order chi connectivity index (χ0) is 14.8. The van der Waals surface area contributed by atoms with Crippen LogP contribution < -0.4 is 11.1 Å². The Balaban J connectivity index is 2.81. The molecule has 0 spiro atoms. The molecule has 1 amide bonds. The first-order valence-corrected chi connectivity index (χ1v) is 8.00. The van der Waals surface area contributed by atoms with Gasteiger partial charge in [-0.1, -0.05) is 37.3 Å². The highest BCUT2D eigenvalue weighted by atomic mass is 32.2. The molecule has 0 heterocycles. The molecule has 0 aliphatic heterocycles. The average Bonchev–Trinajstić information content (AvgIpc) is 2.46. The van der Waals surface area contributed by atoms with E-state index in [9.17, 15) is 4.79 Å². The quantitative estimate of drug-likeness (QED) is 0.646. The Kier molecular flexibility index (Phi) is 7.65. The molecular formula is C15H24N2O2S. The second kappa shape index (κ2) is 9.00. The number of hydrogen-bond donors (Lipinski definition) is 2. The van der Waals surface area contributed by atoms with Gasteiger partial charge in [0.2, 0.25) is 5.91 Å². The number of benzene rings is 1. The maximum atomic E-state index is 12.1. The number of primary amides is 1. The molecule has 0 bridgehead atoms. The van der Waals surface area contributed by atoms with Crippen molar-refractivity contribution in [1.29, 1.82) is 0 Å². The number of rotatable bonds is 10. The molecule has 0 saturated carbocycles. The van der Waals surface area contributed by atoms with Gasteiger partial charge in [-0.2, -0.15) is 11.8 Å². The lowest BCUT2D eigenvalue weighted by Crippen LogP contribution is -2.54. The third-order valence-corrected chi connectivity index (χ3v) is 4.34. The number of nitrogens with one attached hydrogen (secondary N) is 1. The van der Waals surface area contributed by atoms with Crippen LogP contribution in [0.15, 0.2) is 30.3 Å². The molecule has 0 aliphatic rings. The van der Waals surface area contributed by atoms with E-state index < -0.39 is 5.54 Å². The average molecular weight is 296 g/mol. The first kappa shape index (κ1) is 17.0. The van der Waals surface area contributed by atoms with Crippen LogP contribution >= 0.6 is 11.8 Å². The van der Waals surface area contributed by atoms with Gasteiger partial charge in [-0.15, -0.1) is 0 Å². The third kappa shape index (κ3) is 4.51. The van der Waals surface area contributed by atoms with Crippen molar-refractivity contribution in [3.8, 4) is 0 Å². The van der Waals surface area contributed by atoms with Crippen LogP contribution in [-0.2, 0) is 15.1 Å². The summed E-state index contributed by atoms with van der Waals surface area (Å²) in [4.78, 5) is 12.1. The monoisotopic (exact) mass is 296 g/mol. The van der Waals surface area contributed by atoms with Crippen molar-refractivity contribution in [3.63, 3.8) is 0 Å². The van der Waals surface area contributed by atoms with Crippen LogP contribution in [0, 0.1) is 0 Å². The van der Waals surface area contributed by atoms with Gasteiger partial charge >= 0.3 is 0 Å². The minimum atomic E-state index is -0.798. The predicted molar refractivity (Wildman–Crippen MR) is 84.8 cm³/mol. The van der Waals surface area contributed by atoms with Crippen LogP contribution in [0.2, 0.25) is 0 Å². The second-order valence-corrected chi connectivity index (χ2v) is 5.67. The molecule has 1 rings (SSSR count). The van der Waals surface area contributed by atoms with Gasteiger partial charge in [0.15, 0.2) is 0 Å². The molecule has 3 N–H and O–H groups in total. The van der Waals surface area contributed by atoms with E-state index in [4.69, 9.17) is 10.5 Å². The fourth-order valence-corrected chi connectivity index (χ4v) is 3.28. The highest BCUT2D eigenvalue weighted by molar-refractivity contribution is 7.99. The molecule has 1 unspecified atom stereocenters. The Morgan fingerprint density at radius 1 is 1.40 bits per heavy atom. The highest BCUT2D eigenvalue weighted by Crippen LogP contribution is 2.26. The van der Waals surface area contributed by atoms with Gasteiger partial charge in [0.05, 0.1) is 0 Å². The molecule has 112 valence electrons. The van der Waals surface area contributed by atoms with E-state index in [2.05, 4.69) is 5.32 Å². The van der Waals surface area contributed by atoms with E-state index in [0.717, 1.165) is 24.3 Å². The number of nitrogens with two attached hydrogens (primary N) is 1. The largest absolute Gasteiger partial charge is 0.385 e. The molecular weight excluding hydrogens is 272 g/mol. The van der Waals surface area contributed by atoms with E-state index in [-0.39, 0.29) is 5.91 Å². The molecule has 5 heteroatoms. The topological polar surface area (TPSA) is 64.3 Å². The van der Waals surface area contributed by atoms with Crippen LogP contribution in [0.4, 0.5) is 0 Å². The predicted octanol–water partition coefficient (Wildman–Crippen LogP) is 1.75. The fraction of sp³-hybridized carbons (Fsp3) is 0.533. The van der Waals surface area contributed by atoms with E-state index in [1.165, 1.54) is 0 Å². The van der Waals surface area contributed by atoms with Gasteiger partial charge < -0.3 is 10.5 Å². The summed E-state index contributed by atoms with van der Waals surface area (Å²) in [7, 11) is 1.70. The van der Waals surface area contributed by atoms with Gasteiger partial charge in [-0.05, 0) is 24.3 Å². The third-order valence-electron chi connectivity index (χ3n) is 3.12. The first-order valence-electron chi connectivity index (χ1n) is 6.84. The van der Waals surface area contributed by atoms with Crippen molar-refractivity contribution >= 4 is 17.7 Å². The van der Waals surface area contributed by atoms with Crippen LogP contribution in [0.25, 0.3) is 0 Å². The van der Waals surface area contributed by atoms with Gasteiger partial charge in [-0.3, -0.25) is 10.1 Å². The molecule has 0 aromatic heterocycles. The zero-order valence-electron chi connectivity index (χ0n) is 12.2. The standard InChI is InChI=1S/C15H24N2O2S/c1-3-17-15(14(16)18,12-20-11-7-10-19-2)13-8-5-4-6-9-13/h4-6,8-9,17H,3,7,10-12H2,1-2H3,(H2,16,18). The minimum Gasteiger partial charge on any atom is -0.385 e. The molecule has 0 fully saturated rings. The van der Waals surface area contributed by atoms with Gasteiger partial charge in [0.1, 0.15) is 5.54 Å². The molecule has 0 radical (unpaired) electrons. The molecule has 1 aromatic rings. The summed E-state index contributed by atoms with van der Waals surface area (Å²) in [5, 5.41) is 3.28. The fourth-order valence-electron chi connectivity index (χ4n) is 2.09. The molecule has 20 heavy (non-hydrogen) atoms. The number of ether oxygens (including phenoxy) is 1. The molecule has 0 aliphatic carbocycles.